The Morgan fingerprint density at radius 2 is 1.97 bits per heavy atom. The molecule has 1 saturated heterocycles. The van der Waals surface area contributed by atoms with Gasteiger partial charge in [0.1, 0.15) is 17.5 Å². The van der Waals surface area contributed by atoms with Crippen molar-refractivity contribution in [3.8, 4) is 0 Å². The SMILES string of the molecule is COCCc1ncc(CN2CCC[C@H](c3nc(C)c4c(n3)N(C)CCC4)C2)cn1. The molecule has 0 saturated carbocycles. The number of piperidine rings is 1. The van der Waals surface area contributed by atoms with Crippen molar-refractivity contribution >= 4 is 5.82 Å². The molecule has 0 aliphatic carbocycles. The quantitative estimate of drug-likeness (QED) is 0.743. The zero-order valence-corrected chi connectivity index (χ0v) is 17.9. The van der Waals surface area contributed by atoms with Crippen LogP contribution in [0.1, 0.15) is 53.7 Å². The van der Waals surface area contributed by atoms with Crippen molar-refractivity contribution in [2.24, 2.45) is 0 Å². The number of fused-ring (bicyclic) bond motifs is 1. The van der Waals surface area contributed by atoms with Crippen molar-refractivity contribution in [3.63, 3.8) is 0 Å². The maximum Gasteiger partial charge on any atom is 0.135 e. The molecule has 0 unspecified atom stereocenters. The Hall–Kier alpha value is -2.12. The van der Waals surface area contributed by atoms with E-state index in [0.29, 0.717) is 12.5 Å². The van der Waals surface area contributed by atoms with Crippen LogP contribution in [-0.2, 0) is 24.1 Å². The molecule has 0 spiro atoms. The first-order chi connectivity index (χ1) is 14.1. The Labute approximate surface area is 173 Å². The molecule has 2 aliphatic heterocycles. The third-order valence-electron chi connectivity index (χ3n) is 6.06. The minimum atomic E-state index is 0.393. The lowest BCUT2D eigenvalue weighted by molar-refractivity contribution is 0.195. The number of methoxy groups -OCH3 is 1. The third-order valence-corrected chi connectivity index (χ3v) is 6.06. The van der Waals surface area contributed by atoms with Gasteiger partial charge in [0.2, 0.25) is 0 Å². The van der Waals surface area contributed by atoms with E-state index in [4.69, 9.17) is 14.7 Å². The fourth-order valence-electron chi connectivity index (χ4n) is 4.45. The van der Waals surface area contributed by atoms with Gasteiger partial charge in [-0.2, -0.15) is 0 Å². The van der Waals surface area contributed by atoms with Crippen molar-refractivity contribution in [2.45, 2.75) is 51.5 Å². The lowest BCUT2D eigenvalue weighted by atomic mass is 9.96. The van der Waals surface area contributed by atoms with Crippen molar-refractivity contribution in [1.82, 2.24) is 24.8 Å². The van der Waals surface area contributed by atoms with E-state index in [0.717, 1.165) is 74.2 Å². The maximum absolute atomic E-state index is 5.10. The number of hydrogen-bond acceptors (Lipinski definition) is 7. The van der Waals surface area contributed by atoms with Gasteiger partial charge in [-0.25, -0.2) is 19.9 Å². The number of anilines is 1. The molecule has 2 aliphatic rings. The molecule has 4 rings (SSSR count). The van der Waals surface area contributed by atoms with Gasteiger partial charge in [-0.05, 0) is 39.2 Å². The van der Waals surface area contributed by atoms with Crippen molar-refractivity contribution in [1.29, 1.82) is 0 Å². The molecule has 2 aromatic rings. The van der Waals surface area contributed by atoms with Crippen LogP contribution in [0.4, 0.5) is 5.82 Å². The summed E-state index contributed by atoms with van der Waals surface area (Å²) in [4.78, 5) is 23.7. The molecule has 156 valence electrons. The summed E-state index contributed by atoms with van der Waals surface area (Å²) in [5.74, 6) is 3.40. The molecule has 1 fully saturated rings. The van der Waals surface area contributed by atoms with Gasteiger partial charge in [0, 0.05) is 75.3 Å². The molecule has 0 bridgehead atoms. The van der Waals surface area contributed by atoms with E-state index in [1.165, 1.54) is 18.4 Å². The fraction of sp³-hybridized carbons (Fsp3) is 0.636. The van der Waals surface area contributed by atoms with Gasteiger partial charge in [0.05, 0.1) is 6.61 Å². The maximum atomic E-state index is 5.10. The summed E-state index contributed by atoms with van der Waals surface area (Å²) in [6.07, 6.45) is 9.29. The lowest BCUT2D eigenvalue weighted by Gasteiger charge is -2.33. The van der Waals surface area contributed by atoms with Crippen molar-refractivity contribution in [2.75, 3.05) is 45.3 Å². The van der Waals surface area contributed by atoms with Gasteiger partial charge in [0.25, 0.3) is 0 Å². The molecule has 0 amide bonds. The van der Waals surface area contributed by atoms with Crippen LogP contribution in [0.2, 0.25) is 0 Å². The van der Waals surface area contributed by atoms with Gasteiger partial charge < -0.3 is 9.64 Å². The average molecular weight is 397 g/mol. The van der Waals surface area contributed by atoms with Crippen LogP contribution in [0.3, 0.4) is 0 Å². The van der Waals surface area contributed by atoms with Crippen LogP contribution in [0.25, 0.3) is 0 Å². The molecular weight excluding hydrogens is 364 g/mol. The highest BCUT2D eigenvalue weighted by Crippen LogP contribution is 2.31. The highest BCUT2D eigenvalue weighted by molar-refractivity contribution is 5.50. The summed E-state index contributed by atoms with van der Waals surface area (Å²) in [5.41, 5.74) is 3.66. The summed E-state index contributed by atoms with van der Waals surface area (Å²) < 4.78 is 5.10. The summed E-state index contributed by atoms with van der Waals surface area (Å²) >= 11 is 0. The highest BCUT2D eigenvalue weighted by Gasteiger charge is 2.27. The van der Waals surface area contributed by atoms with E-state index in [9.17, 15) is 0 Å². The Morgan fingerprint density at radius 1 is 1.14 bits per heavy atom. The molecule has 0 aromatic carbocycles. The van der Waals surface area contributed by atoms with E-state index >= 15 is 0 Å². The molecule has 29 heavy (non-hydrogen) atoms. The largest absolute Gasteiger partial charge is 0.384 e. The Balaban J connectivity index is 1.43. The van der Waals surface area contributed by atoms with Crippen LogP contribution in [0.5, 0.6) is 0 Å². The summed E-state index contributed by atoms with van der Waals surface area (Å²) in [5, 5.41) is 0. The molecular formula is C22H32N6O. The van der Waals surface area contributed by atoms with Gasteiger partial charge >= 0.3 is 0 Å². The van der Waals surface area contributed by atoms with Crippen LogP contribution in [-0.4, -0.2) is 65.2 Å². The normalized spacial score (nSPS) is 20.0. The summed E-state index contributed by atoms with van der Waals surface area (Å²) in [6, 6.07) is 0. The minimum Gasteiger partial charge on any atom is -0.384 e. The zero-order chi connectivity index (χ0) is 20.2. The number of aromatic nitrogens is 4. The van der Waals surface area contributed by atoms with Gasteiger partial charge in [-0.15, -0.1) is 0 Å². The second-order valence-electron chi connectivity index (χ2n) is 8.32. The highest BCUT2D eigenvalue weighted by atomic mass is 16.5. The molecule has 7 nitrogen and oxygen atoms in total. The number of nitrogens with zero attached hydrogens (tertiary/aromatic N) is 6. The van der Waals surface area contributed by atoms with E-state index in [1.807, 2.05) is 12.4 Å². The second kappa shape index (κ2) is 9.13. The molecule has 4 heterocycles. The van der Waals surface area contributed by atoms with Gasteiger partial charge in [-0.3, -0.25) is 4.90 Å². The smallest absolute Gasteiger partial charge is 0.135 e. The first kappa shape index (κ1) is 20.2. The topological polar surface area (TPSA) is 67.3 Å². The van der Waals surface area contributed by atoms with Gasteiger partial charge in [-0.1, -0.05) is 0 Å². The standard InChI is InChI=1S/C22H32N6O/c1-16-19-7-5-9-27(2)22(19)26-21(25-16)18-6-4-10-28(15-18)14-17-12-23-20(24-13-17)8-11-29-3/h12-13,18H,4-11,14-15H2,1-3H3/t18-/m0/s1. The van der Waals surface area contributed by atoms with Crippen LogP contribution < -0.4 is 4.90 Å². The van der Waals surface area contributed by atoms with E-state index in [-0.39, 0.29) is 0 Å². The lowest BCUT2D eigenvalue weighted by Crippen LogP contribution is -2.35. The summed E-state index contributed by atoms with van der Waals surface area (Å²) in [6.45, 7) is 6.86. The Bertz CT molecular complexity index is 825. The van der Waals surface area contributed by atoms with E-state index in [1.54, 1.807) is 7.11 Å². The Morgan fingerprint density at radius 3 is 2.76 bits per heavy atom. The fourth-order valence-corrected chi connectivity index (χ4v) is 4.45. The predicted octanol–water partition coefficient (Wildman–Crippen LogP) is 2.53. The number of likely N-dealkylation sites (tertiary alicyclic amines) is 1. The molecule has 2 aromatic heterocycles. The van der Waals surface area contributed by atoms with E-state index < -0.39 is 0 Å². The second-order valence-corrected chi connectivity index (χ2v) is 8.32. The van der Waals surface area contributed by atoms with Gasteiger partial charge in [0.15, 0.2) is 0 Å². The zero-order valence-electron chi connectivity index (χ0n) is 17.9. The summed E-state index contributed by atoms with van der Waals surface area (Å²) in [7, 11) is 3.85. The first-order valence-electron chi connectivity index (χ1n) is 10.7. The minimum absolute atomic E-state index is 0.393. The molecule has 1 atom stereocenters. The van der Waals surface area contributed by atoms with Crippen LogP contribution >= 0.6 is 0 Å². The average Bonchev–Trinajstić information content (AvgIpc) is 2.74. The molecule has 0 N–H and O–H groups in total. The van der Waals surface area contributed by atoms with E-state index in [2.05, 4.69) is 33.7 Å². The molecule has 0 radical (unpaired) electrons. The van der Waals surface area contributed by atoms with Crippen molar-refractivity contribution < 1.29 is 4.74 Å². The van der Waals surface area contributed by atoms with Crippen molar-refractivity contribution in [3.05, 3.63) is 40.9 Å². The third kappa shape index (κ3) is 4.73. The first-order valence-corrected chi connectivity index (χ1v) is 10.7. The number of aryl methyl sites for hydroxylation is 1. The predicted molar refractivity (Wildman–Crippen MR) is 113 cm³/mol. The number of ether oxygens (including phenoxy) is 1. The van der Waals surface area contributed by atoms with Crippen LogP contribution in [0.15, 0.2) is 12.4 Å². The number of hydrogen-bond donors (Lipinski definition) is 0. The molecule has 7 heteroatoms. The number of rotatable bonds is 6. The van der Waals surface area contributed by atoms with Crippen LogP contribution in [0, 0.1) is 6.92 Å². The monoisotopic (exact) mass is 396 g/mol. The Kier molecular flexibility index (Phi) is 6.35.